The summed E-state index contributed by atoms with van der Waals surface area (Å²) in [6.07, 6.45) is 10.5. The van der Waals surface area contributed by atoms with E-state index in [0.717, 1.165) is 88.4 Å². The Hall–Kier alpha value is -5.45. The number of rotatable bonds is 8. The van der Waals surface area contributed by atoms with Crippen LogP contribution < -0.4 is 25.2 Å². The molecule has 5 heterocycles. The van der Waals surface area contributed by atoms with Gasteiger partial charge in [-0.15, -0.1) is 0 Å². The zero-order valence-electron chi connectivity index (χ0n) is 34.4. The van der Waals surface area contributed by atoms with Crippen LogP contribution in [0.3, 0.4) is 0 Å². The highest BCUT2D eigenvalue weighted by molar-refractivity contribution is 6.31. The lowest BCUT2D eigenvalue weighted by Crippen LogP contribution is -2.54. The second kappa shape index (κ2) is 17.1. The molecule has 6 aliphatic rings. The first-order valence-corrected chi connectivity index (χ1v) is 22.3. The van der Waals surface area contributed by atoms with E-state index in [1.807, 2.05) is 18.2 Å². The Bertz CT molecular complexity index is 2240. The predicted octanol–water partition coefficient (Wildman–Crippen LogP) is 6.08. The van der Waals surface area contributed by atoms with Crippen molar-refractivity contribution in [2.24, 2.45) is 5.41 Å². The molecule has 14 heteroatoms. The minimum absolute atomic E-state index is 0.0395. The highest BCUT2D eigenvalue weighted by atomic mass is 35.5. The average molecular weight is 846 g/mol. The van der Waals surface area contributed by atoms with E-state index in [0.29, 0.717) is 44.5 Å². The van der Waals surface area contributed by atoms with Crippen LogP contribution in [-0.2, 0) is 9.59 Å². The third-order valence-electron chi connectivity index (χ3n) is 14.3. The first kappa shape index (κ1) is 40.9. The van der Waals surface area contributed by atoms with Gasteiger partial charge in [0.05, 0.1) is 27.8 Å². The Balaban J connectivity index is 0.698. The maximum Gasteiger partial charge on any atom is 0.262 e. The quantitative estimate of drug-likeness (QED) is 0.255. The largest absolute Gasteiger partial charge is 0.490 e. The van der Waals surface area contributed by atoms with Gasteiger partial charge in [0.1, 0.15) is 17.9 Å². The number of nitrogens with zero attached hydrogens (tertiary/aromatic N) is 5. The number of halogens is 1. The molecule has 9 rings (SSSR count). The van der Waals surface area contributed by atoms with Crippen LogP contribution in [0.2, 0.25) is 5.02 Å². The van der Waals surface area contributed by atoms with Gasteiger partial charge in [0.2, 0.25) is 11.8 Å². The topological polar surface area (TPSA) is 155 Å². The SMILES string of the molecule is N#Cc1ccc(OC2CCC(NC(=O)c3ccc(N4CCC5(CC4)CCN(C4CCN(c6ccc7c(c6)C(=O)N(C6CCC(=O)NC6=O)C7=O)CC4)CC5)cc3)CC2)cc1Cl. The molecule has 1 atom stereocenters. The van der Waals surface area contributed by atoms with Crippen LogP contribution in [0.25, 0.3) is 0 Å². The summed E-state index contributed by atoms with van der Waals surface area (Å²) in [6, 6.07) is 20.4. The molecule has 61 heavy (non-hydrogen) atoms. The molecule has 5 fully saturated rings. The molecule has 2 N–H and O–H groups in total. The molecular weight excluding hydrogens is 794 g/mol. The Morgan fingerprint density at radius 3 is 2.08 bits per heavy atom. The summed E-state index contributed by atoms with van der Waals surface area (Å²) in [4.78, 5) is 72.3. The van der Waals surface area contributed by atoms with E-state index in [1.54, 1.807) is 30.3 Å². The number of piperidine rings is 4. The summed E-state index contributed by atoms with van der Waals surface area (Å²) in [7, 11) is 0. The predicted molar refractivity (Wildman–Crippen MR) is 230 cm³/mol. The molecule has 318 valence electrons. The van der Waals surface area contributed by atoms with Crippen LogP contribution in [0.1, 0.15) is 114 Å². The number of amides is 5. The molecular formula is C47H52ClN7O6. The Kier molecular flexibility index (Phi) is 11.5. The van der Waals surface area contributed by atoms with Gasteiger partial charge in [-0.2, -0.15) is 5.26 Å². The highest BCUT2D eigenvalue weighted by Crippen LogP contribution is 2.43. The molecule has 1 aliphatic carbocycles. The monoisotopic (exact) mass is 845 g/mol. The minimum Gasteiger partial charge on any atom is -0.490 e. The summed E-state index contributed by atoms with van der Waals surface area (Å²) in [5.41, 5.74) is 4.21. The average Bonchev–Trinajstić information content (AvgIpc) is 3.52. The fourth-order valence-corrected chi connectivity index (χ4v) is 10.7. The second-order valence-electron chi connectivity index (χ2n) is 17.8. The standard InChI is InChI=1S/C47H52ClN7O6/c48-40-28-37(9-3-31(40)29-49)61-36-10-4-32(5-11-36)50-43(57)30-1-6-33(7-2-30)53-23-17-47(18-24-53)19-25-54(26-20-47)34-15-21-52(22-16-34)35-8-12-38-39(27-35)46(60)55(45(38)59)41-13-14-42(56)51-44(41)58/h1-3,6-9,12,27-28,32,34,36,41H,4-5,10-11,13-26H2,(H,50,57)(H,51,56,58). The summed E-state index contributed by atoms with van der Waals surface area (Å²) >= 11 is 6.17. The van der Waals surface area contributed by atoms with E-state index in [1.165, 1.54) is 31.4 Å². The van der Waals surface area contributed by atoms with Gasteiger partial charge in [-0.05, 0) is 144 Å². The number of benzene rings is 3. The van der Waals surface area contributed by atoms with Crippen molar-refractivity contribution in [1.82, 2.24) is 20.4 Å². The third-order valence-corrected chi connectivity index (χ3v) is 14.6. The first-order chi connectivity index (χ1) is 29.6. The van der Waals surface area contributed by atoms with Crippen molar-refractivity contribution in [1.29, 1.82) is 5.26 Å². The van der Waals surface area contributed by atoms with Crippen LogP contribution in [0.15, 0.2) is 60.7 Å². The van der Waals surface area contributed by atoms with Crippen molar-refractivity contribution in [2.75, 3.05) is 49.1 Å². The van der Waals surface area contributed by atoms with Gasteiger partial charge in [-0.25, -0.2) is 0 Å². The van der Waals surface area contributed by atoms with Crippen LogP contribution >= 0.6 is 11.6 Å². The van der Waals surface area contributed by atoms with Gasteiger partial charge in [0, 0.05) is 67.7 Å². The lowest BCUT2D eigenvalue weighted by atomic mass is 9.71. The number of carbonyl (C=O) groups excluding carboxylic acids is 5. The molecule has 3 aromatic rings. The maximum atomic E-state index is 13.4. The second-order valence-corrected chi connectivity index (χ2v) is 18.2. The smallest absolute Gasteiger partial charge is 0.262 e. The molecule has 0 bridgehead atoms. The molecule has 3 aromatic carbocycles. The molecule has 13 nitrogen and oxygen atoms in total. The molecule has 5 aliphatic heterocycles. The van der Waals surface area contributed by atoms with Crippen LogP contribution in [0.5, 0.6) is 5.75 Å². The van der Waals surface area contributed by atoms with Crippen LogP contribution in [-0.4, -0.2) is 103 Å². The number of nitriles is 1. The first-order valence-electron chi connectivity index (χ1n) is 21.9. The van der Waals surface area contributed by atoms with Gasteiger partial charge in [-0.3, -0.25) is 34.2 Å². The summed E-state index contributed by atoms with van der Waals surface area (Å²) in [5.74, 6) is -1.30. The minimum atomic E-state index is -0.963. The van der Waals surface area contributed by atoms with E-state index in [4.69, 9.17) is 21.6 Å². The van der Waals surface area contributed by atoms with E-state index < -0.39 is 23.8 Å². The van der Waals surface area contributed by atoms with Crippen molar-refractivity contribution < 1.29 is 28.7 Å². The number of ether oxygens (including phenoxy) is 1. The lowest BCUT2D eigenvalue weighted by molar-refractivity contribution is -0.136. The third kappa shape index (κ3) is 8.45. The van der Waals surface area contributed by atoms with Gasteiger partial charge >= 0.3 is 0 Å². The molecule has 0 aromatic heterocycles. The number of anilines is 2. The number of hydrogen-bond acceptors (Lipinski definition) is 10. The molecule has 5 amide bonds. The maximum absolute atomic E-state index is 13.4. The normalized spacial score (nSPS) is 24.7. The summed E-state index contributed by atoms with van der Waals surface area (Å²) in [5, 5.41) is 15.0. The fourth-order valence-electron chi connectivity index (χ4n) is 10.5. The van der Waals surface area contributed by atoms with E-state index >= 15 is 0 Å². The number of likely N-dealkylation sites (tertiary alicyclic amines) is 1. The van der Waals surface area contributed by atoms with E-state index in [9.17, 15) is 24.0 Å². The van der Waals surface area contributed by atoms with Gasteiger partial charge in [0.25, 0.3) is 17.7 Å². The number of fused-ring (bicyclic) bond motifs is 1. The van der Waals surface area contributed by atoms with E-state index in [2.05, 4.69) is 43.5 Å². The molecule has 1 spiro atoms. The molecule has 1 unspecified atom stereocenters. The molecule has 0 radical (unpaired) electrons. The Labute approximate surface area is 361 Å². The number of hydrogen-bond donors (Lipinski definition) is 2. The molecule has 4 saturated heterocycles. The zero-order valence-corrected chi connectivity index (χ0v) is 35.1. The Morgan fingerprint density at radius 1 is 0.754 bits per heavy atom. The van der Waals surface area contributed by atoms with Crippen molar-refractivity contribution in [3.05, 3.63) is 87.9 Å². The fraction of sp³-hybridized carbons (Fsp3) is 0.489. The highest BCUT2D eigenvalue weighted by Gasteiger charge is 2.45. The van der Waals surface area contributed by atoms with Crippen molar-refractivity contribution in [3.63, 3.8) is 0 Å². The Morgan fingerprint density at radius 2 is 1.41 bits per heavy atom. The lowest BCUT2D eigenvalue weighted by Gasteiger charge is -2.50. The number of imide groups is 2. The van der Waals surface area contributed by atoms with Crippen LogP contribution in [0.4, 0.5) is 11.4 Å². The van der Waals surface area contributed by atoms with Gasteiger partial charge < -0.3 is 24.8 Å². The van der Waals surface area contributed by atoms with Gasteiger partial charge in [-0.1, -0.05) is 11.6 Å². The van der Waals surface area contributed by atoms with Crippen molar-refractivity contribution in [3.8, 4) is 11.8 Å². The van der Waals surface area contributed by atoms with E-state index in [-0.39, 0.29) is 36.8 Å². The van der Waals surface area contributed by atoms with Crippen molar-refractivity contribution >= 4 is 52.5 Å². The van der Waals surface area contributed by atoms with Crippen molar-refractivity contribution in [2.45, 2.75) is 101 Å². The number of carbonyl (C=O) groups is 5. The summed E-state index contributed by atoms with van der Waals surface area (Å²) in [6.45, 7) is 6.00. The number of nitrogens with one attached hydrogen (secondary N) is 2. The summed E-state index contributed by atoms with van der Waals surface area (Å²) < 4.78 is 6.12. The molecule has 1 saturated carbocycles. The van der Waals surface area contributed by atoms with Gasteiger partial charge in [0.15, 0.2) is 0 Å². The zero-order chi connectivity index (χ0) is 42.3. The van der Waals surface area contributed by atoms with Crippen LogP contribution in [0, 0.1) is 16.7 Å².